The first kappa shape index (κ1) is 23.2. The molecule has 2 amide bonds. The molecule has 2 aromatic rings. The molecule has 1 fully saturated rings. The van der Waals surface area contributed by atoms with Crippen molar-refractivity contribution in [3.05, 3.63) is 63.0 Å². The molecule has 1 heterocycles. The smallest absolute Gasteiger partial charge is 0.293 e. The number of ether oxygens (including phenoxy) is 2. The number of rotatable bonds is 8. The maximum absolute atomic E-state index is 12.8. The second kappa shape index (κ2) is 10.2. The molecule has 0 atom stereocenters. The summed E-state index contributed by atoms with van der Waals surface area (Å²) in [6.45, 7) is 8.99. The molecule has 3 rings (SSSR count). The van der Waals surface area contributed by atoms with Crippen LogP contribution in [0, 0.1) is 6.92 Å². The Morgan fingerprint density at radius 1 is 1.10 bits per heavy atom. The molecular weight excluding hydrogens is 434 g/mol. The first-order valence-corrected chi connectivity index (χ1v) is 11.4. The number of nitrogens with zero attached hydrogens (tertiary/aromatic N) is 1. The van der Waals surface area contributed by atoms with Crippen LogP contribution in [0.25, 0.3) is 6.08 Å². The Kier molecular flexibility index (Phi) is 7.68. The van der Waals surface area contributed by atoms with Crippen molar-refractivity contribution in [1.82, 2.24) is 4.90 Å². The van der Waals surface area contributed by atoms with Crippen molar-refractivity contribution in [3.8, 4) is 11.5 Å². The van der Waals surface area contributed by atoms with Gasteiger partial charge in [-0.1, -0.05) is 37.6 Å². The molecule has 0 saturated carbocycles. The van der Waals surface area contributed by atoms with E-state index in [1.54, 1.807) is 24.3 Å². The quantitative estimate of drug-likeness (QED) is 0.434. The van der Waals surface area contributed by atoms with E-state index in [0.29, 0.717) is 33.8 Å². The minimum absolute atomic E-state index is 0.182. The highest BCUT2D eigenvalue weighted by atomic mass is 35.5. The Balaban J connectivity index is 1.71. The molecule has 0 bridgehead atoms. The van der Waals surface area contributed by atoms with E-state index >= 15 is 0 Å². The highest BCUT2D eigenvalue weighted by molar-refractivity contribution is 8.18. The molecule has 164 valence electrons. The number of thioether (sulfide) groups is 1. The van der Waals surface area contributed by atoms with Gasteiger partial charge in [0.25, 0.3) is 11.1 Å². The number of amides is 2. The van der Waals surface area contributed by atoms with Gasteiger partial charge in [-0.2, -0.15) is 0 Å². The van der Waals surface area contributed by atoms with Crippen molar-refractivity contribution in [1.29, 1.82) is 0 Å². The third-order valence-electron chi connectivity index (χ3n) is 4.80. The average Bonchev–Trinajstić information content (AvgIpc) is 2.97. The van der Waals surface area contributed by atoms with Crippen LogP contribution in [-0.2, 0) is 4.79 Å². The lowest BCUT2D eigenvalue weighted by Crippen LogP contribution is -2.32. The van der Waals surface area contributed by atoms with Gasteiger partial charge in [-0.15, -0.1) is 0 Å². The summed E-state index contributed by atoms with van der Waals surface area (Å²) >= 11 is 7.01. The van der Waals surface area contributed by atoms with E-state index in [1.165, 1.54) is 4.90 Å². The predicted octanol–water partition coefficient (Wildman–Crippen LogP) is 6.29. The van der Waals surface area contributed by atoms with Crippen molar-refractivity contribution in [2.24, 2.45) is 0 Å². The van der Waals surface area contributed by atoms with Crippen molar-refractivity contribution >= 4 is 40.6 Å². The number of hydrogen-bond acceptors (Lipinski definition) is 5. The molecule has 0 aliphatic carbocycles. The molecule has 5 nitrogen and oxygen atoms in total. The number of imide groups is 1. The number of aryl methyl sites for hydroxylation is 1. The third-order valence-corrected chi connectivity index (χ3v) is 5.94. The van der Waals surface area contributed by atoms with Crippen molar-refractivity contribution < 1.29 is 19.1 Å². The normalized spacial score (nSPS) is 15.3. The molecule has 1 aliphatic heterocycles. The van der Waals surface area contributed by atoms with Crippen LogP contribution in [-0.4, -0.2) is 35.8 Å². The number of hydrogen-bond donors (Lipinski definition) is 0. The van der Waals surface area contributed by atoms with Gasteiger partial charge in [-0.05, 0) is 73.0 Å². The topological polar surface area (TPSA) is 55.8 Å². The predicted molar refractivity (Wildman–Crippen MR) is 126 cm³/mol. The summed E-state index contributed by atoms with van der Waals surface area (Å²) in [5.41, 5.74) is 2.86. The molecule has 2 aromatic carbocycles. The van der Waals surface area contributed by atoms with Crippen LogP contribution in [0.4, 0.5) is 4.79 Å². The van der Waals surface area contributed by atoms with Crippen LogP contribution in [0.5, 0.6) is 11.5 Å². The standard InChI is InChI=1S/C24H26ClNO4S/c1-5-29-20-9-7-18(25)13-17(20)14-22-23(27)26(24(28)31-22)10-11-30-21-12-16(4)6-8-19(21)15(2)3/h6-9,12-15H,5,10-11H2,1-4H3/b22-14-. The van der Waals surface area contributed by atoms with Gasteiger partial charge in [0.1, 0.15) is 18.1 Å². The zero-order chi connectivity index (χ0) is 22.5. The van der Waals surface area contributed by atoms with Crippen molar-refractivity contribution in [2.45, 2.75) is 33.6 Å². The van der Waals surface area contributed by atoms with Crippen molar-refractivity contribution in [2.75, 3.05) is 19.8 Å². The molecule has 0 radical (unpaired) electrons. The van der Waals surface area contributed by atoms with E-state index in [1.807, 2.05) is 19.9 Å². The fourth-order valence-electron chi connectivity index (χ4n) is 3.24. The summed E-state index contributed by atoms with van der Waals surface area (Å²) in [5, 5.41) is 0.217. The maximum atomic E-state index is 12.8. The summed E-state index contributed by atoms with van der Waals surface area (Å²) in [5.74, 6) is 1.38. The number of carbonyl (C=O) groups excluding carboxylic acids is 2. The van der Waals surface area contributed by atoms with Crippen LogP contribution < -0.4 is 9.47 Å². The van der Waals surface area contributed by atoms with Crippen molar-refractivity contribution in [3.63, 3.8) is 0 Å². The fraction of sp³-hybridized carbons (Fsp3) is 0.333. The highest BCUT2D eigenvalue weighted by Crippen LogP contribution is 2.35. The maximum Gasteiger partial charge on any atom is 0.293 e. The molecular formula is C24H26ClNO4S. The van der Waals surface area contributed by atoms with Gasteiger partial charge in [-0.3, -0.25) is 14.5 Å². The lowest BCUT2D eigenvalue weighted by Gasteiger charge is -2.17. The largest absolute Gasteiger partial charge is 0.493 e. The van der Waals surface area contributed by atoms with Gasteiger partial charge in [0.2, 0.25) is 0 Å². The first-order chi connectivity index (χ1) is 14.8. The summed E-state index contributed by atoms with van der Waals surface area (Å²) in [4.78, 5) is 26.8. The fourth-order valence-corrected chi connectivity index (χ4v) is 4.28. The lowest BCUT2D eigenvalue weighted by atomic mass is 10.0. The number of carbonyl (C=O) groups is 2. The average molecular weight is 460 g/mol. The Morgan fingerprint density at radius 2 is 1.87 bits per heavy atom. The van der Waals surface area contributed by atoms with E-state index in [4.69, 9.17) is 21.1 Å². The minimum Gasteiger partial charge on any atom is -0.493 e. The van der Waals surface area contributed by atoms with E-state index in [-0.39, 0.29) is 24.3 Å². The first-order valence-electron chi connectivity index (χ1n) is 10.2. The van der Waals surface area contributed by atoms with Crippen LogP contribution in [0.1, 0.15) is 43.4 Å². The van der Waals surface area contributed by atoms with E-state index < -0.39 is 0 Å². The zero-order valence-electron chi connectivity index (χ0n) is 18.1. The monoisotopic (exact) mass is 459 g/mol. The van der Waals surface area contributed by atoms with E-state index in [9.17, 15) is 9.59 Å². The molecule has 7 heteroatoms. The lowest BCUT2D eigenvalue weighted by molar-refractivity contribution is -0.123. The minimum atomic E-state index is -0.339. The van der Waals surface area contributed by atoms with Crippen LogP contribution in [0.15, 0.2) is 41.3 Å². The summed E-state index contributed by atoms with van der Waals surface area (Å²) in [6.07, 6.45) is 1.65. The molecule has 0 aromatic heterocycles. The van der Waals surface area contributed by atoms with Crippen LogP contribution in [0.2, 0.25) is 5.02 Å². The van der Waals surface area contributed by atoms with Crippen LogP contribution >= 0.6 is 23.4 Å². The number of benzene rings is 2. The summed E-state index contributed by atoms with van der Waals surface area (Å²) in [7, 11) is 0. The summed E-state index contributed by atoms with van der Waals surface area (Å²) in [6, 6.07) is 11.3. The van der Waals surface area contributed by atoms with E-state index in [2.05, 4.69) is 26.0 Å². The zero-order valence-corrected chi connectivity index (χ0v) is 19.7. The Bertz CT molecular complexity index is 1020. The third kappa shape index (κ3) is 5.63. The summed E-state index contributed by atoms with van der Waals surface area (Å²) < 4.78 is 11.5. The Hall–Kier alpha value is -2.44. The van der Waals surface area contributed by atoms with Gasteiger partial charge >= 0.3 is 0 Å². The highest BCUT2D eigenvalue weighted by Gasteiger charge is 2.35. The van der Waals surface area contributed by atoms with Gasteiger partial charge < -0.3 is 9.47 Å². The molecule has 0 N–H and O–H groups in total. The molecule has 1 saturated heterocycles. The molecule has 1 aliphatic rings. The van der Waals surface area contributed by atoms with E-state index in [0.717, 1.165) is 28.6 Å². The number of halogens is 1. The van der Waals surface area contributed by atoms with Gasteiger partial charge in [0, 0.05) is 10.6 Å². The molecule has 0 unspecified atom stereocenters. The van der Waals surface area contributed by atoms with Gasteiger partial charge in [0.15, 0.2) is 0 Å². The Labute approximate surface area is 192 Å². The Morgan fingerprint density at radius 3 is 2.58 bits per heavy atom. The van der Waals surface area contributed by atoms with Gasteiger partial charge in [-0.25, -0.2) is 0 Å². The van der Waals surface area contributed by atoms with Gasteiger partial charge in [0.05, 0.1) is 18.1 Å². The second-order valence-electron chi connectivity index (χ2n) is 7.49. The second-order valence-corrected chi connectivity index (χ2v) is 8.92. The molecule has 31 heavy (non-hydrogen) atoms. The van der Waals surface area contributed by atoms with Crippen LogP contribution in [0.3, 0.4) is 0 Å². The SMILES string of the molecule is CCOc1ccc(Cl)cc1/C=C1\SC(=O)N(CCOc2cc(C)ccc2C(C)C)C1=O. The molecule has 0 spiro atoms.